The number of phenolic OH excluding ortho intramolecular Hbond substituents is 1. The molecule has 5 rings (SSSR count). The molecule has 3 heterocycles. The summed E-state index contributed by atoms with van der Waals surface area (Å²) in [5, 5.41) is 29.8. The standard InChI is InChI=1S/C25H19FN4O4S3/c1-12-22(36-13(2)27-12)20(32)18-19(14-7-9-16(31)10-8-14)30(23(34)21(18)33)24-28-29-25(37-24)35-11-15-5-3-4-6-17(15)26/h3-10,19,31,33H,11H2,1-2H3. The minimum absolute atomic E-state index is 0.0115. The third-order valence-corrected chi connectivity index (χ3v) is 8.86. The lowest BCUT2D eigenvalue weighted by Crippen LogP contribution is -2.31. The van der Waals surface area contributed by atoms with E-state index < -0.39 is 23.5 Å². The van der Waals surface area contributed by atoms with Gasteiger partial charge in [0.05, 0.1) is 27.2 Å². The molecule has 0 saturated heterocycles. The Balaban J connectivity index is 1.51. The Labute approximate surface area is 223 Å². The first-order valence-corrected chi connectivity index (χ1v) is 13.6. The van der Waals surface area contributed by atoms with Crippen molar-refractivity contribution in [3.63, 3.8) is 0 Å². The number of amides is 1. The number of hydrogen-bond acceptors (Lipinski definition) is 10. The highest BCUT2D eigenvalue weighted by atomic mass is 32.2. The molecule has 1 aliphatic heterocycles. The number of rotatable bonds is 7. The van der Waals surface area contributed by atoms with Gasteiger partial charge >= 0.3 is 0 Å². The van der Waals surface area contributed by atoms with Gasteiger partial charge in [-0.25, -0.2) is 9.37 Å². The van der Waals surface area contributed by atoms with Crippen molar-refractivity contribution in [2.24, 2.45) is 0 Å². The number of aliphatic hydroxyl groups excluding tert-OH is 1. The van der Waals surface area contributed by atoms with Gasteiger partial charge in [0.2, 0.25) is 10.9 Å². The molecule has 188 valence electrons. The summed E-state index contributed by atoms with van der Waals surface area (Å²) in [6.07, 6.45) is 0. The van der Waals surface area contributed by atoms with Gasteiger partial charge in [0.1, 0.15) is 11.6 Å². The monoisotopic (exact) mass is 554 g/mol. The van der Waals surface area contributed by atoms with Crippen molar-refractivity contribution in [3.05, 3.63) is 92.4 Å². The molecule has 2 aromatic carbocycles. The number of thiazole rings is 1. The lowest BCUT2D eigenvalue weighted by Gasteiger charge is -2.24. The molecule has 0 spiro atoms. The molecule has 1 amide bonds. The van der Waals surface area contributed by atoms with E-state index in [4.69, 9.17) is 0 Å². The largest absolute Gasteiger partial charge is 0.508 e. The van der Waals surface area contributed by atoms with Crippen LogP contribution in [-0.2, 0) is 10.5 Å². The number of carbonyl (C=O) groups is 2. The van der Waals surface area contributed by atoms with E-state index in [1.54, 1.807) is 44.2 Å². The Morgan fingerprint density at radius 3 is 2.49 bits per heavy atom. The first-order valence-electron chi connectivity index (χ1n) is 11.0. The van der Waals surface area contributed by atoms with Crippen LogP contribution in [0.1, 0.15) is 37.5 Å². The molecule has 0 radical (unpaired) electrons. The highest BCUT2D eigenvalue weighted by molar-refractivity contribution is 8.00. The Kier molecular flexibility index (Phi) is 6.80. The van der Waals surface area contributed by atoms with Crippen molar-refractivity contribution < 1.29 is 24.2 Å². The van der Waals surface area contributed by atoms with Crippen LogP contribution in [0.5, 0.6) is 5.75 Å². The predicted molar refractivity (Wildman–Crippen MR) is 140 cm³/mol. The van der Waals surface area contributed by atoms with E-state index in [0.717, 1.165) is 11.3 Å². The van der Waals surface area contributed by atoms with Gasteiger partial charge in [-0.1, -0.05) is 53.4 Å². The van der Waals surface area contributed by atoms with Gasteiger partial charge in [-0.15, -0.1) is 21.5 Å². The summed E-state index contributed by atoms with van der Waals surface area (Å²) >= 11 is 3.54. The number of thioether (sulfide) groups is 1. The average Bonchev–Trinajstić information content (AvgIpc) is 3.55. The first kappa shape index (κ1) is 25.1. The Hall–Kier alpha value is -3.61. The zero-order chi connectivity index (χ0) is 26.3. The first-order chi connectivity index (χ1) is 17.7. The summed E-state index contributed by atoms with van der Waals surface area (Å²) in [4.78, 5) is 32.8. The van der Waals surface area contributed by atoms with Gasteiger partial charge in [0, 0.05) is 5.75 Å². The molecule has 1 unspecified atom stereocenters. The highest BCUT2D eigenvalue weighted by Crippen LogP contribution is 2.44. The van der Waals surface area contributed by atoms with Crippen molar-refractivity contribution in [1.82, 2.24) is 15.2 Å². The number of hydrogen-bond donors (Lipinski definition) is 2. The maximum Gasteiger partial charge on any atom is 0.296 e. The molecule has 4 aromatic rings. The number of Topliss-reactive ketones (excluding diaryl/α,β-unsaturated/α-hetero) is 1. The van der Waals surface area contributed by atoms with Crippen LogP contribution in [-0.4, -0.2) is 37.1 Å². The fourth-order valence-electron chi connectivity index (χ4n) is 3.98. The van der Waals surface area contributed by atoms with Crippen LogP contribution in [0.2, 0.25) is 0 Å². The zero-order valence-electron chi connectivity index (χ0n) is 19.5. The van der Waals surface area contributed by atoms with Gasteiger partial charge in [-0.3, -0.25) is 14.5 Å². The van der Waals surface area contributed by atoms with Gasteiger partial charge in [0.25, 0.3) is 5.91 Å². The normalized spacial score (nSPS) is 15.6. The summed E-state index contributed by atoms with van der Waals surface area (Å²) in [6.45, 7) is 3.47. The van der Waals surface area contributed by atoms with E-state index >= 15 is 0 Å². The molecule has 2 N–H and O–H groups in total. The fraction of sp³-hybridized carbons (Fsp3) is 0.160. The fourth-order valence-corrected chi connectivity index (χ4v) is 6.71. The number of aliphatic hydroxyl groups is 1. The SMILES string of the molecule is Cc1nc(C)c(C(=O)C2=C(O)C(=O)N(c3nnc(SCc4ccccc4F)s3)C2c2ccc(O)cc2)s1. The molecule has 12 heteroatoms. The number of phenols is 1. The van der Waals surface area contributed by atoms with Crippen molar-refractivity contribution in [3.8, 4) is 5.75 Å². The lowest BCUT2D eigenvalue weighted by atomic mass is 9.95. The topological polar surface area (TPSA) is 117 Å². The summed E-state index contributed by atoms with van der Waals surface area (Å²) in [5.74, 6) is -1.97. The second kappa shape index (κ2) is 10.0. The molecular weight excluding hydrogens is 535 g/mol. The van der Waals surface area contributed by atoms with Crippen LogP contribution in [0.3, 0.4) is 0 Å². The Bertz CT molecular complexity index is 1550. The number of carbonyl (C=O) groups excluding carboxylic acids is 2. The van der Waals surface area contributed by atoms with Crippen LogP contribution in [0.15, 0.2) is 64.2 Å². The molecule has 1 aliphatic rings. The van der Waals surface area contributed by atoms with Crippen LogP contribution in [0.4, 0.5) is 9.52 Å². The summed E-state index contributed by atoms with van der Waals surface area (Å²) in [5.41, 5.74) is 1.41. The zero-order valence-corrected chi connectivity index (χ0v) is 22.0. The van der Waals surface area contributed by atoms with Crippen LogP contribution in [0, 0.1) is 19.7 Å². The number of benzene rings is 2. The van der Waals surface area contributed by atoms with Crippen molar-refractivity contribution in [2.75, 3.05) is 4.90 Å². The number of ketones is 1. The van der Waals surface area contributed by atoms with E-state index in [0.29, 0.717) is 36.8 Å². The molecule has 8 nitrogen and oxygen atoms in total. The molecule has 37 heavy (non-hydrogen) atoms. The highest BCUT2D eigenvalue weighted by Gasteiger charge is 2.46. The van der Waals surface area contributed by atoms with Gasteiger partial charge < -0.3 is 10.2 Å². The molecule has 0 saturated carbocycles. The summed E-state index contributed by atoms with van der Waals surface area (Å²) in [7, 11) is 0. The van der Waals surface area contributed by atoms with Crippen molar-refractivity contribution >= 4 is 51.3 Å². The molecule has 0 bridgehead atoms. The minimum atomic E-state index is -1.00. The molecule has 1 atom stereocenters. The third-order valence-electron chi connectivity index (χ3n) is 5.68. The Morgan fingerprint density at radius 2 is 1.81 bits per heavy atom. The van der Waals surface area contributed by atoms with Crippen molar-refractivity contribution in [2.45, 2.75) is 30.0 Å². The van der Waals surface area contributed by atoms with Crippen LogP contribution < -0.4 is 4.90 Å². The molecule has 2 aromatic heterocycles. The van der Waals surface area contributed by atoms with E-state index in [1.165, 1.54) is 46.2 Å². The number of anilines is 1. The third kappa shape index (κ3) is 4.75. The average molecular weight is 555 g/mol. The van der Waals surface area contributed by atoms with E-state index in [9.17, 15) is 24.2 Å². The second-order valence-corrected chi connectivity index (χ2v) is 11.5. The summed E-state index contributed by atoms with van der Waals surface area (Å²) < 4.78 is 14.5. The Morgan fingerprint density at radius 1 is 1.08 bits per heavy atom. The van der Waals surface area contributed by atoms with Crippen LogP contribution in [0.25, 0.3) is 0 Å². The van der Waals surface area contributed by atoms with E-state index in [1.807, 2.05) is 0 Å². The van der Waals surface area contributed by atoms with Crippen LogP contribution >= 0.6 is 34.4 Å². The molecular formula is C25H19FN4O4S3. The minimum Gasteiger partial charge on any atom is -0.508 e. The smallest absolute Gasteiger partial charge is 0.296 e. The quantitative estimate of drug-likeness (QED) is 0.174. The van der Waals surface area contributed by atoms with Gasteiger partial charge in [-0.2, -0.15) is 0 Å². The number of halogens is 1. The maximum absolute atomic E-state index is 14.0. The van der Waals surface area contributed by atoms with E-state index in [-0.39, 0.29) is 22.3 Å². The lowest BCUT2D eigenvalue weighted by molar-refractivity contribution is -0.117. The predicted octanol–water partition coefficient (Wildman–Crippen LogP) is 5.53. The number of aromatic hydroxyl groups is 1. The second-order valence-electron chi connectivity index (χ2n) is 8.14. The van der Waals surface area contributed by atoms with Gasteiger partial charge in [-0.05, 0) is 43.2 Å². The number of nitrogens with zero attached hydrogens (tertiary/aromatic N) is 4. The molecule has 0 aliphatic carbocycles. The number of aryl methyl sites for hydroxylation is 2. The maximum atomic E-state index is 14.0. The van der Waals surface area contributed by atoms with Gasteiger partial charge in [0.15, 0.2) is 10.1 Å². The number of aromatic nitrogens is 3. The van der Waals surface area contributed by atoms with Crippen molar-refractivity contribution in [1.29, 1.82) is 0 Å². The summed E-state index contributed by atoms with van der Waals surface area (Å²) in [6, 6.07) is 11.4. The van der Waals surface area contributed by atoms with E-state index in [2.05, 4.69) is 15.2 Å². The molecule has 0 fully saturated rings.